The minimum absolute atomic E-state index is 0.289. The van der Waals surface area contributed by atoms with Gasteiger partial charge in [-0.05, 0) is 32.9 Å². The van der Waals surface area contributed by atoms with Crippen LogP contribution in [0, 0.1) is 5.82 Å². The molecule has 1 aliphatic rings. The van der Waals surface area contributed by atoms with Crippen LogP contribution < -0.4 is 10.6 Å². The van der Waals surface area contributed by atoms with Crippen molar-refractivity contribution in [3.8, 4) is 0 Å². The van der Waals surface area contributed by atoms with Crippen molar-refractivity contribution in [2.24, 2.45) is 0 Å². The Labute approximate surface area is 120 Å². The highest BCUT2D eigenvalue weighted by Crippen LogP contribution is 2.17. The van der Waals surface area contributed by atoms with E-state index in [9.17, 15) is 4.39 Å². The van der Waals surface area contributed by atoms with E-state index in [1.54, 1.807) is 0 Å². The summed E-state index contributed by atoms with van der Waals surface area (Å²) in [4.78, 5) is 10.5. The molecule has 0 spiro atoms. The van der Waals surface area contributed by atoms with E-state index in [2.05, 4.69) is 39.5 Å². The zero-order chi connectivity index (χ0) is 14.4. The molecule has 0 aliphatic carbocycles. The molecular weight excluding hydrogens is 257 g/mol. The van der Waals surface area contributed by atoms with Gasteiger partial charge in [0.15, 0.2) is 11.6 Å². The number of rotatable bonds is 6. The van der Waals surface area contributed by atoms with Gasteiger partial charge in [-0.2, -0.15) is 4.98 Å². The Bertz CT molecular complexity index is 426. The molecule has 6 heteroatoms. The van der Waals surface area contributed by atoms with Crippen LogP contribution in [0.15, 0.2) is 6.20 Å². The smallest absolute Gasteiger partial charge is 0.224 e. The van der Waals surface area contributed by atoms with Gasteiger partial charge in [0.1, 0.15) is 0 Å². The number of halogens is 1. The highest BCUT2D eigenvalue weighted by Gasteiger charge is 2.19. The summed E-state index contributed by atoms with van der Waals surface area (Å²) in [5.74, 6) is 0.371. The van der Waals surface area contributed by atoms with Crippen LogP contribution in [-0.4, -0.2) is 47.6 Å². The summed E-state index contributed by atoms with van der Waals surface area (Å²) in [6.07, 6.45) is 5.84. The molecule has 0 saturated carbocycles. The van der Waals surface area contributed by atoms with Gasteiger partial charge in [-0.25, -0.2) is 9.37 Å². The molecule has 1 unspecified atom stereocenters. The molecule has 1 atom stereocenters. The van der Waals surface area contributed by atoms with Crippen LogP contribution in [0.25, 0.3) is 0 Å². The van der Waals surface area contributed by atoms with Crippen molar-refractivity contribution in [1.29, 1.82) is 0 Å². The first-order valence-corrected chi connectivity index (χ1v) is 7.41. The number of nitrogens with zero attached hydrogens (tertiary/aromatic N) is 3. The van der Waals surface area contributed by atoms with E-state index in [1.807, 2.05) is 0 Å². The Morgan fingerprint density at radius 3 is 3.00 bits per heavy atom. The molecule has 1 aliphatic heterocycles. The lowest BCUT2D eigenvalue weighted by Gasteiger charge is -2.32. The van der Waals surface area contributed by atoms with Crippen LogP contribution in [0.2, 0.25) is 0 Å². The molecule has 1 aromatic heterocycles. The van der Waals surface area contributed by atoms with E-state index in [-0.39, 0.29) is 5.82 Å². The lowest BCUT2D eigenvalue weighted by Crippen LogP contribution is -2.41. The second kappa shape index (κ2) is 7.38. The number of likely N-dealkylation sites (tertiary alicyclic amines) is 1. The van der Waals surface area contributed by atoms with Crippen LogP contribution in [0.3, 0.4) is 0 Å². The summed E-state index contributed by atoms with van der Waals surface area (Å²) in [6.45, 7) is 4.69. The Hall–Kier alpha value is -1.43. The predicted molar refractivity (Wildman–Crippen MR) is 79.5 cm³/mol. The first-order valence-electron chi connectivity index (χ1n) is 7.41. The molecule has 2 rings (SSSR count). The minimum atomic E-state index is -0.398. The largest absolute Gasteiger partial charge is 0.366 e. The van der Waals surface area contributed by atoms with Crippen molar-refractivity contribution in [2.45, 2.75) is 38.6 Å². The Morgan fingerprint density at radius 2 is 2.25 bits per heavy atom. The van der Waals surface area contributed by atoms with Crippen molar-refractivity contribution in [3.05, 3.63) is 12.0 Å². The molecule has 1 fully saturated rings. The fourth-order valence-electron chi connectivity index (χ4n) is 2.43. The Balaban J connectivity index is 1.93. The summed E-state index contributed by atoms with van der Waals surface area (Å²) in [5.41, 5.74) is 0. The molecule has 1 aromatic rings. The van der Waals surface area contributed by atoms with E-state index in [0.717, 1.165) is 32.5 Å². The second-order valence-electron chi connectivity index (χ2n) is 5.33. The molecular formula is C14H24FN5. The van der Waals surface area contributed by atoms with Gasteiger partial charge in [0.2, 0.25) is 5.95 Å². The van der Waals surface area contributed by atoms with Crippen LogP contribution in [-0.2, 0) is 0 Å². The van der Waals surface area contributed by atoms with Gasteiger partial charge in [-0.15, -0.1) is 0 Å². The zero-order valence-electron chi connectivity index (χ0n) is 12.3. The van der Waals surface area contributed by atoms with E-state index in [1.165, 1.54) is 19.0 Å². The molecule has 2 heterocycles. The fourth-order valence-corrected chi connectivity index (χ4v) is 2.43. The SMILES string of the molecule is CCCNc1ncc(F)c(NCC2CCCCN2C)n1. The molecule has 1 saturated heterocycles. The maximum Gasteiger partial charge on any atom is 0.224 e. The molecule has 112 valence electrons. The normalized spacial score (nSPS) is 19.9. The van der Waals surface area contributed by atoms with Crippen LogP contribution in [0.4, 0.5) is 16.2 Å². The van der Waals surface area contributed by atoms with Crippen molar-refractivity contribution in [3.63, 3.8) is 0 Å². The lowest BCUT2D eigenvalue weighted by molar-refractivity contribution is 0.194. The number of aromatic nitrogens is 2. The number of anilines is 2. The molecule has 2 N–H and O–H groups in total. The third-order valence-corrected chi connectivity index (χ3v) is 3.70. The topological polar surface area (TPSA) is 53.1 Å². The second-order valence-corrected chi connectivity index (χ2v) is 5.33. The number of piperidine rings is 1. The number of likely N-dealkylation sites (N-methyl/N-ethyl adjacent to an activating group) is 1. The van der Waals surface area contributed by atoms with E-state index < -0.39 is 5.82 Å². The summed E-state index contributed by atoms with van der Waals surface area (Å²) in [7, 11) is 2.12. The van der Waals surface area contributed by atoms with Crippen molar-refractivity contribution in [2.75, 3.05) is 37.3 Å². The number of hydrogen-bond donors (Lipinski definition) is 2. The van der Waals surface area contributed by atoms with Crippen LogP contribution in [0.1, 0.15) is 32.6 Å². The van der Waals surface area contributed by atoms with Gasteiger partial charge in [0, 0.05) is 19.1 Å². The summed E-state index contributed by atoms with van der Waals surface area (Å²) in [6, 6.07) is 0.449. The number of nitrogens with one attached hydrogen (secondary N) is 2. The third kappa shape index (κ3) is 4.03. The monoisotopic (exact) mass is 281 g/mol. The first-order chi connectivity index (χ1) is 9.70. The quantitative estimate of drug-likeness (QED) is 0.838. The van der Waals surface area contributed by atoms with Crippen molar-refractivity contribution < 1.29 is 4.39 Å². The van der Waals surface area contributed by atoms with Crippen molar-refractivity contribution in [1.82, 2.24) is 14.9 Å². The maximum atomic E-state index is 13.7. The molecule has 0 radical (unpaired) electrons. The van der Waals surface area contributed by atoms with Gasteiger partial charge < -0.3 is 15.5 Å². The highest BCUT2D eigenvalue weighted by atomic mass is 19.1. The minimum Gasteiger partial charge on any atom is -0.366 e. The molecule has 0 aromatic carbocycles. The summed E-state index contributed by atoms with van der Waals surface area (Å²) in [5, 5.41) is 6.19. The fraction of sp³-hybridized carbons (Fsp3) is 0.714. The van der Waals surface area contributed by atoms with E-state index >= 15 is 0 Å². The van der Waals surface area contributed by atoms with E-state index in [0.29, 0.717) is 12.0 Å². The molecule has 5 nitrogen and oxygen atoms in total. The van der Waals surface area contributed by atoms with Gasteiger partial charge in [-0.1, -0.05) is 13.3 Å². The van der Waals surface area contributed by atoms with Gasteiger partial charge in [0.05, 0.1) is 6.20 Å². The van der Waals surface area contributed by atoms with Gasteiger partial charge in [-0.3, -0.25) is 0 Å². The third-order valence-electron chi connectivity index (χ3n) is 3.70. The summed E-state index contributed by atoms with van der Waals surface area (Å²) >= 11 is 0. The van der Waals surface area contributed by atoms with Crippen LogP contribution in [0.5, 0.6) is 0 Å². The highest BCUT2D eigenvalue weighted by molar-refractivity contribution is 5.41. The zero-order valence-corrected chi connectivity index (χ0v) is 12.3. The predicted octanol–water partition coefficient (Wildman–Crippen LogP) is 2.33. The average molecular weight is 281 g/mol. The first kappa shape index (κ1) is 15.0. The average Bonchev–Trinajstić information content (AvgIpc) is 2.46. The lowest BCUT2D eigenvalue weighted by atomic mass is 10.0. The maximum absolute atomic E-state index is 13.7. The van der Waals surface area contributed by atoms with Crippen LogP contribution >= 0.6 is 0 Å². The van der Waals surface area contributed by atoms with Gasteiger partial charge in [0.25, 0.3) is 0 Å². The Morgan fingerprint density at radius 1 is 1.40 bits per heavy atom. The van der Waals surface area contributed by atoms with Crippen molar-refractivity contribution >= 4 is 11.8 Å². The molecule has 0 bridgehead atoms. The number of hydrogen-bond acceptors (Lipinski definition) is 5. The van der Waals surface area contributed by atoms with E-state index in [4.69, 9.17) is 0 Å². The molecule has 0 amide bonds. The standard InChI is InChI=1S/C14H24FN5/c1-3-7-16-14-18-10-12(15)13(19-14)17-9-11-6-4-5-8-20(11)2/h10-11H,3-9H2,1-2H3,(H2,16,17,18,19). The molecule has 20 heavy (non-hydrogen) atoms. The Kier molecular flexibility index (Phi) is 5.52. The summed E-state index contributed by atoms with van der Waals surface area (Å²) < 4.78 is 13.7. The van der Waals surface area contributed by atoms with Gasteiger partial charge >= 0.3 is 0 Å².